The highest BCUT2D eigenvalue weighted by Gasteiger charge is 2.21. The highest BCUT2D eigenvalue weighted by molar-refractivity contribution is 6.00. The minimum Gasteiger partial charge on any atom is -0.502 e. The van der Waals surface area contributed by atoms with Gasteiger partial charge in [0.05, 0.1) is 6.61 Å². The summed E-state index contributed by atoms with van der Waals surface area (Å²) in [6.45, 7) is -0.894. The topological polar surface area (TPSA) is 115 Å². The molecule has 0 aliphatic rings. The standard InChI is InChI=1S/C6H8O6/c7-1-3(9)5(11)6(12)4(10)2-8/h1,4,8-11H,2H2/b5-3+/t4-/m1/s1. The lowest BCUT2D eigenvalue weighted by Crippen LogP contribution is -2.26. The average Bonchev–Trinajstić information content (AvgIpc) is 2.12. The van der Waals surface area contributed by atoms with Crippen LogP contribution >= 0.6 is 0 Å². The van der Waals surface area contributed by atoms with Gasteiger partial charge in [0.15, 0.2) is 6.29 Å². The molecule has 0 bridgehead atoms. The predicted octanol–water partition coefficient (Wildman–Crippen LogP) is -1.56. The third kappa shape index (κ3) is 2.33. The van der Waals surface area contributed by atoms with Gasteiger partial charge in [-0.05, 0) is 0 Å². The number of aldehydes is 1. The van der Waals surface area contributed by atoms with E-state index in [9.17, 15) is 9.59 Å². The van der Waals surface area contributed by atoms with Crippen LogP contribution in [0.1, 0.15) is 0 Å². The fourth-order valence-corrected chi connectivity index (χ4v) is 0.423. The van der Waals surface area contributed by atoms with Crippen molar-refractivity contribution in [2.24, 2.45) is 0 Å². The Bertz CT molecular complexity index is 218. The van der Waals surface area contributed by atoms with E-state index in [1.165, 1.54) is 0 Å². The van der Waals surface area contributed by atoms with Crippen LogP contribution in [-0.4, -0.2) is 45.2 Å². The molecule has 0 rings (SSSR count). The maximum Gasteiger partial charge on any atom is 0.231 e. The summed E-state index contributed by atoms with van der Waals surface area (Å²) in [7, 11) is 0. The fourth-order valence-electron chi connectivity index (χ4n) is 0.423. The summed E-state index contributed by atoms with van der Waals surface area (Å²) in [6, 6.07) is 0. The van der Waals surface area contributed by atoms with Crippen LogP contribution in [0.15, 0.2) is 11.5 Å². The van der Waals surface area contributed by atoms with E-state index < -0.39 is 30.0 Å². The third-order valence-electron chi connectivity index (χ3n) is 1.06. The molecular weight excluding hydrogens is 168 g/mol. The van der Waals surface area contributed by atoms with Gasteiger partial charge in [-0.15, -0.1) is 0 Å². The first-order chi connectivity index (χ1) is 5.54. The molecular formula is C6H8O6. The van der Waals surface area contributed by atoms with Crippen LogP contribution in [0.25, 0.3) is 0 Å². The molecule has 0 spiro atoms. The van der Waals surface area contributed by atoms with E-state index in [0.717, 1.165) is 0 Å². The van der Waals surface area contributed by atoms with Crippen LogP contribution in [0.3, 0.4) is 0 Å². The first kappa shape index (κ1) is 10.6. The van der Waals surface area contributed by atoms with Crippen molar-refractivity contribution in [3.63, 3.8) is 0 Å². The normalized spacial score (nSPS) is 14.8. The number of carbonyl (C=O) groups is 2. The Morgan fingerprint density at radius 2 is 1.92 bits per heavy atom. The molecule has 0 radical (unpaired) electrons. The molecule has 0 unspecified atom stereocenters. The zero-order valence-corrected chi connectivity index (χ0v) is 5.97. The van der Waals surface area contributed by atoms with E-state index in [1.807, 2.05) is 0 Å². The second-order valence-corrected chi connectivity index (χ2v) is 1.91. The van der Waals surface area contributed by atoms with Gasteiger partial charge in [0.1, 0.15) is 6.10 Å². The van der Waals surface area contributed by atoms with Crippen molar-refractivity contribution in [2.45, 2.75) is 6.10 Å². The first-order valence-electron chi connectivity index (χ1n) is 2.95. The number of rotatable bonds is 4. The molecule has 0 saturated heterocycles. The number of Topliss-reactive ketones (excluding diaryl/α,β-unsaturated/α-hetero) is 1. The molecule has 1 atom stereocenters. The molecule has 68 valence electrons. The molecule has 4 N–H and O–H groups in total. The van der Waals surface area contributed by atoms with E-state index in [1.54, 1.807) is 0 Å². The second-order valence-electron chi connectivity index (χ2n) is 1.91. The van der Waals surface area contributed by atoms with Gasteiger partial charge in [-0.1, -0.05) is 0 Å². The van der Waals surface area contributed by atoms with E-state index in [4.69, 9.17) is 20.4 Å². The fraction of sp³-hybridized carbons (Fsp3) is 0.333. The number of carbonyl (C=O) groups excluding carboxylic acids is 2. The molecule has 0 aliphatic carbocycles. The maximum absolute atomic E-state index is 10.6. The van der Waals surface area contributed by atoms with E-state index in [2.05, 4.69) is 0 Å². The first-order valence-corrected chi connectivity index (χ1v) is 2.95. The Morgan fingerprint density at radius 1 is 1.42 bits per heavy atom. The van der Waals surface area contributed by atoms with E-state index in [0.29, 0.717) is 0 Å². The second kappa shape index (κ2) is 4.47. The van der Waals surface area contributed by atoms with Crippen molar-refractivity contribution < 1.29 is 30.0 Å². The van der Waals surface area contributed by atoms with Crippen LogP contribution in [0.5, 0.6) is 0 Å². The number of aliphatic hydroxyl groups excluding tert-OH is 4. The van der Waals surface area contributed by atoms with Crippen molar-refractivity contribution in [1.82, 2.24) is 0 Å². The smallest absolute Gasteiger partial charge is 0.231 e. The lowest BCUT2D eigenvalue weighted by atomic mass is 10.2. The highest BCUT2D eigenvalue weighted by Crippen LogP contribution is 1.99. The number of hydrogen-bond acceptors (Lipinski definition) is 6. The Balaban J connectivity index is 4.59. The van der Waals surface area contributed by atoms with Gasteiger partial charge in [-0.25, -0.2) is 0 Å². The van der Waals surface area contributed by atoms with E-state index in [-0.39, 0.29) is 6.29 Å². The largest absolute Gasteiger partial charge is 0.502 e. The molecule has 6 heteroatoms. The van der Waals surface area contributed by atoms with Crippen LogP contribution in [0.2, 0.25) is 0 Å². The third-order valence-corrected chi connectivity index (χ3v) is 1.06. The van der Waals surface area contributed by atoms with Crippen LogP contribution in [0, 0.1) is 0 Å². The van der Waals surface area contributed by atoms with Crippen molar-refractivity contribution in [3.8, 4) is 0 Å². The van der Waals surface area contributed by atoms with Crippen molar-refractivity contribution >= 4 is 12.1 Å². The van der Waals surface area contributed by atoms with Gasteiger partial charge in [-0.2, -0.15) is 0 Å². The molecule has 0 aromatic carbocycles. The monoisotopic (exact) mass is 176 g/mol. The lowest BCUT2D eigenvalue weighted by Gasteiger charge is -2.04. The summed E-state index contributed by atoms with van der Waals surface area (Å²) in [5.41, 5.74) is 0. The van der Waals surface area contributed by atoms with Gasteiger partial charge in [0.25, 0.3) is 0 Å². The number of allylic oxidation sites excluding steroid dienone is 1. The molecule has 6 nitrogen and oxygen atoms in total. The Kier molecular flexibility index (Phi) is 3.95. The highest BCUT2D eigenvalue weighted by atomic mass is 16.3. The van der Waals surface area contributed by atoms with Crippen molar-refractivity contribution in [2.75, 3.05) is 6.61 Å². The number of aliphatic hydroxyl groups is 4. The predicted molar refractivity (Wildman–Crippen MR) is 36.4 cm³/mol. The minimum atomic E-state index is -1.83. The molecule has 0 fully saturated rings. The summed E-state index contributed by atoms with van der Waals surface area (Å²) in [6.07, 6.45) is -1.98. The zero-order valence-electron chi connectivity index (χ0n) is 5.97. The van der Waals surface area contributed by atoms with E-state index >= 15 is 0 Å². The van der Waals surface area contributed by atoms with Crippen molar-refractivity contribution in [1.29, 1.82) is 0 Å². The summed E-state index contributed by atoms with van der Waals surface area (Å²) in [5, 5.41) is 34.0. The number of ketones is 1. The van der Waals surface area contributed by atoms with Crippen LogP contribution < -0.4 is 0 Å². The van der Waals surface area contributed by atoms with Gasteiger partial charge in [0.2, 0.25) is 17.3 Å². The lowest BCUT2D eigenvalue weighted by molar-refractivity contribution is -0.128. The van der Waals surface area contributed by atoms with Gasteiger partial charge < -0.3 is 20.4 Å². The Labute approximate surface area is 67.4 Å². The summed E-state index contributed by atoms with van der Waals surface area (Å²) in [4.78, 5) is 20.4. The molecule has 0 aliphatic heterocycles. The summed E-state index contributed by atoms with van der Waals surface area (Å²) < 4.78 is 0. The molecule has 0 heterocycles. The summed E-state index contributed by atoms with van der Waals surface area (Å²) in [5.74, 6) is -3.74. The van der Waals surface area contributed by atoms with Gasteiger partial charge in [0, 0.05) is 0 Å². The van der Waals surface area contributed by atoms with Gasteiger partial charge in [-0.3, -0.25) is 9.59 Å². The zero-order chi connectivity index (χ0) is 9.72. The Morgan fingerprint density at radius 3 is 2.25 bits per heavy atom. The quantitative estimate of drug-likeness (QED) is 0.234. The SMILES string of the molecule is O=C/C(O)=C(\O)C(=O)[C@H](O)CO. The Hall–Kier alpha value is -1.40. The summed E-state index contributed by atoms with van der Waals surface area (Å²) >= 11 is 0. The average molecular weight is 176 g/mol. The maximum atomic E-state index is 10.6. The van der Waals surface area contributed by atoms with Crippen LogP contribution in [0.4, 0.5) is 0 Å². The molecule has 0 saturated carbocycles. The minimum absolute atomic E-state index is 0.155. The van der Waals surface area contributed by atoms with Gasteiger partial charge >= 0.3 is 0 Å². The molecule has 12 heavy (non-hydrogen) atoms. The molecule has 0 aromatic heterocycles. The van der Waals surface area contributed by atoms with Crippen molar-refractivity contribution in [3.05, 3.63) is 11.5 Å². The van der Waals surface area contributed by atoms with Crippen LogP contribution in [-0.2, 0) is 9.59 Å². The molecule has 0 amide bonds. The number of hydrogen-bond donors (Lipinski definition) is 4. The molecule has 0 aromatic rings.